The van der Waals surface area contributed by atoms with Crippen LogP contribution < -0.4 is 5.32 Å². The molecule has 2 N–H and O–H groups in total. The fourth-order valence-corrected chi connectivity index (χ4v) is 4.92. The molecule has 0 radical (unpaired) electrons. The fourth-order valence-electron chi connectivity index (χ4n) is 4.92. The van der Waals surface area contributed by atoms with Crippen molar-refractivity contribution in [3.8, 4) is 0 Å². The highest BCUT2D eigenvalue weighted by molar-refractivity contribution is 5.86. The average molecular weight is 298 g/mol. The minimum absolute atomic E-state index is 0.234. The minimum atomic E-state index is 0.234. The molecule has 1 saturated heterocycles. The number of hydrogen-bond donors (Lipinski definition) is 2. The predicted molar refractivity (Wildman–Crippen MR) is 90.0 cm³/mol. The summed E-state index contributed by atoms with van der Waals surface area (Å²) < 4.78 is 2.58. The second kappa shape index (κ2) is 5.39. The van der Waals surface area contributed by atoms with Gasteiger partial charge in [0.15, 0.2) is 0 Å². The molecule has 1 fully saturated rings. The van der Waals surface area contributed by atoms with E-state index in [-0.39, 0.29) is 6.61 Å². The molecule has 1 aromatic heterocycles. The SMILES string of the molecule is CC[C@]12CCCN[C@@H]1n1c(c(CCO)c3ccccc31)CC2. The van der Waals surface area contributed by atoms with E-state index in [2.05, 4.69) is 41.1 Å². The van der Waals surface area contributed by atoms with Crippen molar-refractivity contribution in [1.82, 2.24) is 9.88 Å². The number of aliphatic hydroxyl groups excluding tert-OH is 1. The Morgan fingerprint density at radius 2 is 2.18 bits per heavy atom. The van der Waals surface area contributed by atoms with Crippen molar-refractivity contribution in [3.05, 3.63) is 35.5 Å². The van der Waals surface area contributed by atoms with Crippen LogP contribution in [0.5, 0.6) is 0 Å². The number of piperidine rings is 1. The van der Waals surface area contributed by atoms with Crippen LogP contribution >= 0.6 is 0 Å². The van der Waals surface area contributed by atoms with Gasteiger partial charge in [-0.15, -0.1) is 0 Å². The maximum atomic E-state index is 9.50. The summed E-state index contributed by atoms with van der Waals surface area (Å²) in [5, 5.41) is 14.7. The Morgan fingerprint density at radius 3 is 3.00 bits per heavy atom. The largest absolute Gasteiger partial charge is 0.396 e. The second-order valence-corrected chi connectivity index (χ2v) is 6.96. The van der Waals surface area contributed by atoms with Crippen molar-refractivity contribution < 1.29 is 5.11 Å². The van der Waals surface area contributed by atoms with Crippen molar-refractivity contribution in [2.75, 3.05) is 13.2 Å². The molecule has 118 valence electrons. The van der Waals surface area contributed by atoms with Gasteiger partial charge in [-0.05, 0) is 56.7 Å². The molecule has 1 aromatic carbocycles. The van der Waals surface area contributed by atoms with E-state index in [4.69, 9.17) is 0 Å². The van der Waals surface area contributed by atoms with Gasteiger partial charge in [-0.2, -0.15) is 0 Å². The maximum Gasteiger partial charge on any atom is 0.0899 e. The molecule has 2 aromatic rings. The lowest BCUT2D eigenvalue weighted by Crippen LogP contribution is -2.49. The highest BCUT2D eigenvalue weighted by Crippen LogP contribution is 2.50. The Hall–Kier alpha value is -1.32. The zero-order valence-electron chi connectivity index (χ0n) is 13.4. The highest BCUT2D eigenvalue weighted by atomic mass is 16.2. The van der Waals surface area contributed by atoms with Gasteiger partial charge in [0.25, 0.3) is 0 Å². The average Bonchev–Trinajstić information content (AvgIpc) is 2.90. The van der Waals surface area contributed by atoms with E-state index >= 15 is 0 Å². The topological polar surface area (TPSA) is 37.2 Å². The molecule has 3 nitrogen and oxygen atoms in total. The van der Waals surface area contributed by atoms with Crippen molar-refractivity contribution in [2.24, 2.45) is 5.41 Å². The first-order chi connectivity index (χ1) is 10.8. The third-order valence-corrected chi connectivity index (χ3v) is 6.08. The Kier molecular flexibility index (Phi) is 3.50. The second-order valence-electron chi connectivity index (χ2n) is 6.96. The monoisotopic (exact) mass is 298 g/mol. The Morgan fingerprint density at radius 1 is 1.32 bits per heavy atom. The van der Waals surface area contributed by atoms with Crippen molar-refractivity contribution in [1.29, 1.82) is 0 Å². The molecule has 3 heteroatoms. The molecule has 0 bridgehead atoms. The van der Waals surface area contributed by atoms with E-state index < -0.39 is 0 Å². The standard InChI is InChI=1S/C19H26N2O/c1-2-19-10-5-12-20-18(19)21-16-7-4-3-6-14(16)15(9-13-22)17(21)8-11-19/h3-4,6-7,18,20,22H,2,5,8-13H2,1H3/t18-,19-/m1/s1. The molecule has 0 amide bonds. The lowest BCUT2D eigenvalue weighted by atomic mass is 9.69. The van der Waals surface area contributed by atoms with E-state index in [0.717, 1.165) is 19.4 Å². The number of rotatable bonds is 3. The number of nitrogens with zero attached hydrogens (tertiary/aromatic N) is 1. The van der Waals surface area contributed by atoms with Gasteiger partial charge < -0.3 is 9.67 Å². The van der Waals surface area contributed by atoms with Gasteiger partial charge in [-0.25, -0.2) is 0 Å². The minimum Gasteiger partial charge on any atom is -0.396 e. The quantitative estimate of drug-likeness (QED) is 0.911. The van der Waals surface area contributed by atoms with Crippen LogP contribution in [0.15, 0.2) is 24.3 Å². The van der Waals surface area contributed by atoms with Crippen LogP contribution in [-0.4, -0.2) is 22.8 Å². The third kappa shape index (κ3) is 1.88. The van der Waals surface area contributed by atoms with Crippen LogP contribution in [0.3, 0.4) is 0 Å². The summed E-state index contributed by atoms with van der Waals surface area (Å²) in [7, 11) is 0. The van der Waals surface area contributed by atoms with Crippen LogP contribution in [0.2, 0.25) is 0 Å². The van der Waals surface area contributed by atoms with Crippen LogP contribution in [0.25, 0.3) is 10.9 Å². The first-order valence-electron chi connectivity index (χ1n) is 8.75. The first kappa shape index (κ1) is 14.3. The van der Waals surface area contributed by atoms with Crippen molar-refractivity contribution in [3.63, 3.8) is 0 Å². The molecule has 0 unspecified atom stereocenters. The molecule has 2 aliphatic rings. The highest BCUT2D eigenvalue weighted by Gasteiger charge is 2.44. The predicted octanol–water partition coefficient (Wildman–Crippen LogP) is 3.40. The number of aromatic nitrogens is 1. The lowest BCUT2D eigenvalue weighted by molar-refractivity contribution is 0.0530. The molecular weight excluding hydrogens is 272 g/mol. The van der Waals surface area contributed by atoms with Crippen LogP contribution in [0, 0.1) is 5.41 Å². The van der Waals surface area contributed by atoms with Gasteiger partial charge in [0, 0.05) is 28.6 Å². The fraction of sp³-hybridized carbons (Fsp3) is 0.579. The number of hydrogen-bond acceptors (Lipinski definition) is 2. The van der Waals surface area contributed by atoms with Crippen LogP contribution in [0.4, 0.5) is 0 Å². The third-order valence-electron chi connectivity index (χ3n) is 6.08. The van der Waals surface area contributed by atoms with E-state index in [1.165, 1.54) is 47.8 Å². The Balaban J connectivity index is 1.95. The smallest absolute Gasteiger partial charge is 0.0899 e. The van der Waals surface area contributed by atoms with Gasteiger partial charge in [-0.3, -0.25) is 5.32 Å². The van der Waals surface area contributed by atoms with E-state index in [9.17, 15) is 5.11 Å². The number of para-hydroxylation sites is 1. The molecule has 0 aliphatic carbocycles. The number of fused-ring (bicyclic) bond motifs is 5. The summed E-state index contributed by atoms with van der Waals surface area (Å²) in [6, 6.07) is 8.74. The summed E-state index contributed by atoms with van der Waals surface area (Å²) in [6.45, 7) is 3.71. The van der Waals surface area contributed by atoms with Gasteiger partial charge >= 0.3 is 0 Å². The molecule has 2 aliphatic heterocycles. The lowest BCUT2D eigenvalue weighted by Gasteiger charge is -2.49. The van der Waals surface area contributed by atoms with E-state index in [1.54, 1.807) is 0 Å². The maximum absolute atomic E-state index is 9.50. The van der Waals surface area contributed by atoms with Gasteiger partial charge in [0.1, 0.15) is 0 Å². The molecule has 4 rings (SSSR count). The van der Waals surface area contributed by atoms with Gasteiger partial charge in [-0.1, -0.05) is 25.1 Å². The number of aliphatic hydroxyl groups is 1. The molecule has 0 spiro atoms. The summed E-state index contributed by atoms with van der Waals surface area (Å²) in [5.41, 5.74) is 4.58. The van der Waals surface area contributed by atoms with Gasteiger partial charge in [0.2, 0.25) is 0 Å². The Labute approximate surface area is 132 Å². The molecular formula is C19H26N2O. The molecule has 3 heterocycles. The zero-order chi connectivity index (χ0) is 15.2. The van der Waals surface area contributed by atoms with Gasteiger partial charge in [0.05, 0.1) is 6.17 Å². The van der Waals surface area contributed by atoms with Crippen LogP contribution in [-0.2, 0) is 12.8 Å². The summed E-state index contributed by atoms with van der Waals surface area (Å²) in [5.74, 6) is 0. The zero-order valence-corrected chi connectivity index (χ0v) is 13.4. The molecule has 2 atom stereocenters. The van der Waals surface area contributed by atoms with Crippen molar-refractivity contribution in [2.45, 2.75) is 51.6 Å². The van der Waals surface area contributed by atoms with Crippen LogP contribution in [0.1, 0.15) is 50.0 Å². The summed E-state index contributed by atoms with van der Waals surface area (Å²) >= 11 is 0. The summed E-state index contributed by atoms with van der Waals surface area (Å²) in [4.78, 5) is 0. The number of benzene rings is 1. The molecule has 22 heavy (non-hydrogen) atoms. The first-order valence-corrected chi connectivity index (χ1v) is 8.75. The number of nitrogens with one attached hydrogen (secondary N) is 1. The normalized spacial score (nSPS) is 27.6. The Bertz CT molecular complexity index is 690. The van der Waals surface area contributed by atoms with Crippen molar-refractivity contribution >= 4 is 10.9 Å². The summed E-state index contributed by atoms with van der Waals surface area (Å²) in [6.07, 6.45) is 7.49. The molecule has 0 saturated carbocycles. The van der Waals surface area contributed by atoms with E-state index in [1.807, 2.05) is 0 Å². The van der Waals surface area contributed by atoms with E-state index in [0.29, 0.717) is 11.6 Å².